The Balaban J connectivity index is 2.07. The second-order valence-corrected chi connectivity index (χ2v) is 4.85. The summed E-state index contributed by atoms with van der Waals surface area (Å²) in [5.74, 6) is 1.08. The first kappa shape index (κ1) is 11.5. The van der Waals surface area contributed by atoms with Crippen LogP contribution in [-0.4, -0.2) is 41.5 Å². The van der Waals surface area contributed by atoms with Gasteiger partial charge >= 0.3 is 0 Å². The summed E-state index contributed by atoms with van der Waals surface area (Å²) in [6.45, 7) is 5.54. The third-order valence-electron chi connectivity index (χ3n) is 3.82. The SMILES string of the molecule is CCn1nc(C)c2c1N1CC(OC)CC1C(=O)N2. The van der Waals surface area contributed by atoms with Crippen molar-refractivity contribution >= 4 is 17.4 Å². The van der Waals surface area contributed by atoms with Crippen LogP contribution in [0.1, 0.15) is 19.0 Å². The Morgan fingerprint density at radius 3 is 3.00 bits per heavy atom. The van der Waals surface area contributed by atoms with Crippen molar-refractivity contribution in [2.24, 2.45) is 0 Å². The number of ether oxygens (including phenoxy) is 1. The van der Waals surface area contributed by atoms with Gasteiger partial charge in [-0.25, -0.2) is 4.68 Å². The number of nitrogens with zero attached hydrogens (tertiary/aromatic N) is 3. The molecular formula is C12H18N4O2. The van der Waals surface area contributed by atoms with Crippen molar-refractivity contribution < 1.29 is 9.53 Å². The lowest BCUT2D eigenvalue weighted by molar-refractivity contribution is -0.117. The van der Waals surface area contributed by atoms with Gasteiger partial charge in [0.1, 0.15) is 11.7 Å². The van der Waals surface area contributed by atoms with Gasteiger partial charge in [0, 0.05) is 26.6 Å². The van der Waals surface area contributed by atoms with E-state index in [2.05, 4.69) is 22.2 Å². The quantitative estimate of drug-likeness (QED) is 0.841. The fourth-order valence-corrected chi connectivity index (χ4v) is 2.89. The maximum absolute atomic E-state index is 12.1. The fraction of sp³-hybridized carbons (Fsp3) is 0.667. The summed E-state index contributed by atoms with van der Waals surface area (Å²) >= 11 is 0. The summed E-state index contributed by atoms with van der Waals surface area (Å²) in [7, 11) is 1.70. The van der Waals surface area contributed by atoms with E-state index in [0.717, 1.165) is 36.7 Å². The van der Waals surface area contributed by atoms with Crippen LogP contribution in [-0.2, 0) is 16.1 Å². The molecular weight excluding hydrogens is 232 g/mol. The highest BCUT2D eigenvalue weighted by atomic mass is 16.5. The molecule has 2 aliphatic heterocycles. The van der Waals surface area contributed by atoms with Crippen molar-refractivity contribution in [1.82, 2.24) is 9.78 Å². The van der Waals surface area contributed by atoms with E-state index in [9.17, 15) is 4.79 Å². The van der Waals surface area contributed by atoms with Gasteiger partial charge in [-0.05, 0) is 13.8 Å². The zero-order valence-corrected chi connectivity index (χ0v) is 10.9. The highest BCUT2D eigenvalue weighted by Gasteiger charge is 2.43. The molecule has 6 nitrogen and oxygen atoms in total. The normalized spacial score (nSPS) is 25.9. The van der Waals surface area contributed by atoms with Crippen LogP contribution in [0.25, 0.3) is 0 Å². The molecule has 1 aromatic rings. The number of aromatic nitrogens is 2. The second kappa shape index (κ2) is 3.98. The molecule has 1 aromatic heterocycles. The number of fused-ring (bicyclic) bond motifs is 3. The zero-order valence-electron chi connectivity index (χ0n) is 10.9. The minimum atomic E-state index is -0.121. The van der Waals surface area contributed by atoms with Crippen molar-refractivity contribution in [3.8, 4) is 0 Å². The first-order chi connectivity index (χ1) is 8.65. The smallest absolute Gasteiger partial charge is 0.247 e. The predicted molar refractivity (Wildman–Crippen MR) is 67.8 cm³/mol. The molecule has 1 fully saturated rings. The molecule has 0 aliphatic carbocycles. The zero-order chi connectivity index (χ0) is 12.9. The first-order valence-corrected chi connectivity index (χ1v) is 6.33. The van der Waals surface area contributed by atoms with Crippen LogP contribution in [0.15, 0.2) is 0 Å². The third kappa shape index (κ3) is 1.45. The Hall–Kier alpha value is -1.56. The first-order valence-electron chi connectivity index (χ1n) is 6.33. The summed E-state index contributed by atoms with van der Waals surface area (Å²) in [6, 6.07) is -0.121. The Kier molecular flexibility index (Phi) is 2.55. The largest absolute Gasteiger partial charge is 0.380 e. The number of nitrogens with one attached hydrogen (secondary N) is 1. The number of hydrogen-bond donors (Lipinski definition) is 1. The summed E-state index contributed by atoms with van der Waals surface area (Å²) in [5, 5.41) is 7.46. The second-order valence-electron chi connectivity index (χ2n) is 4.85. The van der Waals surface area contributed by atoms with Gasteiger partial charge in [0.2, 0.25) is 5.91 Å². The number of amides is 1. The van der Waals surface area contributed by atoms with E-state index in [4.69, 9.17) is 4.74 Å². The van der Waals surface area contributed by atoms with Gasteiger partial charge in [-0.15, -0.1) is 0 Å². The van der Waals surface area contributed by atoms with Crippen molar-refractivity contribution in [3.05, 3.63) is 5.69 Å². The average molecular weight is 250 g/mol. The van der Waals surface area contributed by atoms with Gasteiger partial charge in [-0.1, -0.05) is 0 Å². The van der Waals surface area contributed by atoms with Crippen LogP contribution in [0.2, 0.25) is 0 Å². The fourth-order valence-electron chi connectivity index (χ4n) is 2.89. The molecule has 2 aliphatic rings. The Labute approximate surface area is 106 Å². The van der Waals surface area contributed by atoms with E-state index in [1.807, 2.05) is 11.6 Å². The van der Waals surface area contributed by atoms with E-state index in [1.165, 1.54) is 0 Å². The van der Waals surface area contributed by atoms with E-state index in [-0.39, 0.29) is 18.1 Å². The molecule has 1 N–H and O–H groups in total. The summed E-state index contributed by atoms with van der Waals surface area (Å²) in [6.07, 6.45) is 0.864. The minimum absolute atomic E-state index is 0.0563. The molecule has 0 aromatic carbocycles. The molecule has 3 rings (SSSR count). The highest BCUT2D eigenvalue weighted by molar-refractivity contribution is 6.04. The van der Waals surface area contributed by atoms with E-state index >= 15 is 0 Å². The molecule has 3 heterocycles. The van der Waals surface area contributed by atoms with Crippen LogP contribution in [0.3, 0.4) is 0 Å². The lowest BCUT2D eigenvalue weighted by Gasteiger charge is -2.31. The van der Waals surface area contributed by atoms with Gasteiger partial charge < -0.3 is 15.0 Å². The average Bonchev–Trinajstić information content (AvgIpc) is 2.92. The maximum Gasteiger partial charge on any atom is 0.247 e. The molecule has 98 valence electrons. The molecule has 0 bridgehead atoms. The molecule has 2 atom stereocenters. The summed E-state index contributed by atoms with van der Waals surface area (Å²) in [4.78, 5) is 14.2. The lowest BCUT2D eigenvalue weighted by Crippen LogP contribution is -2.44. The van der Waals surface area contributed by atoms with E-state index < -0.39 is 0 Å². The number of carbonyl (C=O) groups excluding carboxylic acids is 1. The van der Waals surface area contributed by atoms with Crippen LogP contribution >= 0.6 is 0 Å². The monoisotopic (exact) mass is 250 g/mol. The van der Waals surface area contributed by atoms with Crippen molar-refractivity contribution in [3.63, 3.8) is 0 Å². The molecule has 2 unspecified atom stereocenters. The van der Waals surface area contributed by atoms with Crippen LogP contribution in [0.5, 0.6) is 0 Å². The van der Waals surface area contributed by atoms with E-state index in [0.29, 0.717) is 0 Å². The van der Waals surface area contributed by atoms with Gasteiger partial charge in [-0.2, -0.15) is 5.10 Å². The highest BCUT2D eigenvalue weighted by Crippen LogP contribution is 2.39. The number of anilines is 2. The molecule has 18 heavy (non-hydrogen) atoms. The Morgan fingerprint density at radius 2 is 2.33 bits per heavy atom. The van der Waals surface area contributed by atoms with Gasteiger partial charge in [-0.3, -0.25) is 4.79 Å². The van der Waals surface area contributed by atoms with Gasteiger partial charge in [0.25, 0.3) is 0 Å². The van der Waals surface area contributed by atoms with Crippen LogP contribution in [0, 0.1) is 6.92 Å². The Morgan fingerprint density at radius 1 is 1.56 bits per heavy atom. The van der Waals surface area contributed by atoms with Crippen molar-refractivity contribution in [2.45, 2.75) is 39.0 Å². The maximum atomic E-state index is 12.1. The number of aryl methyl sites for hydroxylation is 2. The van der Waals surface area contributed by atoms with Crippen molar-refractivity contribution in [1.29, 1.82) is 0 Å². The molecule has 1 saturated heterocycles. The Bertz CT molecular complexity index is 497. The number of carbonyl (C=O) groups is 1. The van der Waals surface area contributed by atoms with Gasteiger partial charge in [0.05, 0.1) is 11.8 Å². The third-order valence-corrected chi connectivity index (χ3v) is 3.82. The predicted octanol–water partition coefficient (Wildman–Crippen LogP) is 0.757. The number of methoxy groups -OCH3 is 1. The topological polar surface area (TPSA) is 59.4 Å². The standard InChI is InChI=1S/C12H18N4O2/c1-4-16-12-10(7(2)14-16)13-11(17)9-5-8(18-3)6-15(9)12/h8-9H,4-6H2,1-3H3,(H,13,17). The van der Waals surface area contributed by atoms with Gasteiger partial charge in [0.15, 0.2) is 5.82 Å². The molecule has 0 saturated carbocycles. The van der Waals surface area contributed by atoms with Crippen LogP contribution in [0.4, 0.5) is 11.5 Å². The van der Waals surface area contributed by atoms with Crippen LogP contribution < -0.4 is 10.2 Å². The number of hydrogen-bond acceptors (Lipinski definition) is 4. The minimum Gasteiger partial charge on any atom is -0.380 e. The summed E-state index contributed by atoms with van der Waals surface area (Å²) in [5.41, 5.74) is 1.73. The number of rotatable bonds is 2. The van der Waals surface area contributed by atoms with Crippen molar-refractivity contribution in [2.75, 3.05) is 23.9 Å². The molecule has 1 amide bonds. The lowest BCUT2D eigenvalue weighted by atomic mass is 10.1. The molecule has 0 radical (unpaired) electrons. The summed E-state index contributed by atoms with van der Waals surface area (Å²) < 4.78 is 7.35. The van der Waals surface area contributed by atoms with E-state index in [1.54, 1.807) is 7.11 Å². The molecule has 6 heteroatoms. The molecule has 0 spiro atoms.